The second kappa shape index (κ2) is 9.55. The Bertz CT molecular complexity index is 749. The summed E-state index contributed by atoms with van der Waals surface area (Å²) in [5, 5.41) is 8.04. The lowest BCUT2D eigenvalue weighted by Crippen LogP contribution is -2.39. The lowest BCUT2D eigenvalue weighted by Gasteiger charge is -2.27. The Hall–Kier alpha value is -2.34. The fourth-order valence-electron chi connectivity index (χ4n) is 3.51. The van der Waals surface area contributed by atoms with E-state index in [9.17, 15) is 0 Å². The van der Waals surface area contributed by atoms with Crippen molar-refractivity contribution in [2.75, 3.05) is 33.9 Å². The van der Waals surface area contributed by atoms with E-state index in [1.165, 1.54) is 24.8 Å². The van der Waals surface area contributed by atoms with Crippen LogP contribution in [0.3, 0.4) is 0 Å². The lowest BCUT2D eigenvalue weighted by atomic mass is 9.96. The zero-order valence-electron chi connectivity index (χ0n) is 16.7. The number of ether oxygens (including phenoxy) is 1. The molecular formula is C21H31N5O. The number of aliphatic imine (C=N–C) groups is 1. The quantitative estimate of drug-likeness (QED) is 0.628. The third-order valence-corrected chi connectivity index (χ3v) is 5.18. The number of guanidine groups is 1. The van der Waals surface area contributed by atoms with Gasteiger partial charge in [0.05, 0.1) is 11.4 Å². The van der Waals surface area contributed by atoms with E-state index in [0.29, 0.717) is 6.54 Å². The molecule has 0 amide bonds. The largest absolute Gasteiger partial charge is 0.381 e. The van der Waals surface area contributed by atoms with Gasteiger partial charge in [-0.3, -0.25) is 4.99 Å². The average Bonchev–Trinajstić information content (AvgIpc) is 3.14. The number of rotatable bonds is 6. The topological polar surface area (TPSA) is 54.7 Å². The van der Waals surface area contributed by atoms with Crippen molar-refractivity contribution in [1.29, 1.82) is 0 Å². The number of nitrogens with zero attached hydrogens (tertiary/aromatic N) is 4. The molecule has 0 spiro atoms. The zero-order valence-corrected chi connectivity index (χ0v) is 16.7. The van der Waals surface area contributed by atoms with Gasteiger partial charge in [0.1, 0.15) is 0 Å². The second-order valence-corrected chi connectivity index (χ2v) is 7.20. The number of aryl methyl sites for hydroxylation is 1. The zero-order chi connectivity index (χ0) is 19.1. The van der Waals surface area contributed by atoms with E-state index in [1.54, 1.807) is 0 Å². The van der Waals surface area contributed by atoms with Crippen molar-refractivity contribution in [2.45, 2.75) is 32.7 Å². The van der Waals surface area contributed by atoms with Gasteiger partial charge in [-0.2, -0.15) is 5.10 Å². The van der Waals surface area contributed by atoms with Gasteiger partial charge < -0.3 is 15.0 Å². The van der Waals surface area contributed by atoms with Crippen molar-refractivity contribution in [3.05, 3.63) is 47.8 Å². The molecule has 0 radical (unpaired) electrons. The van der Waals surface area contributed by atoms with E-state index in [-0.39, 0.29) is 0 Å². The van der Waals surface area contributed by atoms with E-state index in [2.05, 4.69) is 45.6 Å². The van der Waals surface area contributed by atoms with Crippen molar-refractivity contribution >= 4 is 5.96 Å². The van der Waals surface area contributed by atoms with Gasteiger partial charge in [-0.1, -0.05) is 18.2 Å². The molecule has 2 heterocycles. The van der Waals surface area contributed by atoms with E-state index >= 15 is 0 Å². The smallest absolute Gasteiger partial charge is 0.193 e. The second-order valence-electron chi connectivity index (χ2n) is 7.20. The highest BCUT2D eigenvalue weighted by Crippen LogP contribution is 2.18. The first-order valence-electron chi connectivity index (χ1n) is 9.77. The predicted octanol–water partition coefficient (Wildman–Crippen LogP) is 3.00. The summed E-state index contributed by atoms with van der Waals surface area (Å²) in [6, 6.07) is 10.4. The fraction of sp³-hybridized carbons (Fsp3) is 0.524. The Morgan fingerprint density at radius 3 is 2.78 bits per heavy atom. The van der Waals surface area contributed by atoms with Crippen LogP contribution in [0.15, 0.2) is 41.5 Å². The van der Waals surface area contributed by atoms with E-state index in [0.717, 1.165) is 43.0 Å². The van der Waals surface area contributed by atoms with Gasteiger partial charge in [0.2, 0.25) is 0 Å². The maximum absolute atomic E-state index is 5.46. The number of hydrogen-bond donors (Lipinski definition) is 1. The monoisotopic (exact) mass is 369 g/mol. The number of benzene rings is 1. The fourth-order valence-corrected chi connectivity index (χ4v) is 3.51. The molecule has 2 aromatic rings. The molecule has 3 rings (SSSR count). The SMILES string of the molecule is CN=C(NCc1ccccc1-n1ccc(C)n1)N(C)CCC1CCOCC1. The Morgan fingerprint density at radius 1 is 1.30 bits per heavy atom. The lowest BCUT2D eigenvalue weighted by molar-refractivity contribution is 0.0625. The van der Waals surface area contributed by atoms with Crippen LogP contribution < -0.4 is 5.32 Å². The van der Waals surface area contributed by atoms with Gasteiger partial charge in [-0.25, -0.2) is 4.68 Å². The van der Waals surface area contributed by atoms with Crippen molar-refractivity contribution < 1.29 is 4.74 Å². The molecule has 1 saturated heterocycles. The number of para-hydroxylation sites is 1. The Morgan fingerprint density at radius 2 is 2.07 bits per heavy atom. The minimum absolute atomic E-state index is 0.712. The van der Waals surface area contributed by atoms with Crippen LogP contribution in [0.25, 0.3) is 5.69 Å². The molecule has 1 aromatic carbocycles. The van der Waals surface area contributed by atoms with Crippen LogP contribution >= 0.6 is 0 Å². The van der Waals surface area contributed by atoms with Crippen molar-refractivity contribution in [3.63, 3.8) is 0 Å². The summed E-state index contributed by atoms with van der Waals surface area (Å²) in [4.78, 5) is 6.68. The van der Waals surface area contributed by atoms with Crippen LogP contribution in [0.2, 0.25) is 0 Å². The number of nitrogens with one attached hydrogen (secondary N) is 1. The summed E-state index contributed by atoms with van der Waals surface area (Å²) >= 11 is 0. The predicted molar refractivity (Wildman–Crippen MR) is 109 cm³/mol. The highest BCUT2D eigenvalue weighted by molar-refractivity contribution is 5.79. The van der Waals surface area contributed by atoms with Gasteiger partial charge in [0.25, 0.3) is 0 Å². The van der Waals surface area contributed by atoms with Gasteiger partial charge in [0, 0.05) is 46.6 Å². The Balaban J connectivity index is 1.58. The van der Waals surface area contributed by atoms with Crippen LogP contribution in [-0.4, -0.2) is 54.5 Å². The molecule has 1 fully saturated rings. The molecule has 0 aliphatic carbocycles. The molecule has 0 atom stereocenters. The first-order valence-corrected chi connectivity index (χ1v) is 9.77. The Labute approximate surface area is 162 Å². The normalized spacial score (nSPS) is 15.7. The molecule has 0 unspecified atom stereocenters. The molecule has 1 aromatic heterocycles. The van der Waals surface area contributed by atoms with Gasteiger partial charge in [-0.15, -0.1) is 0 Å². The van der Waals surface area contributed by atoms with E-state index in [4.69, 9.17) is 4.74 Å². The van der Waals surface area contributed by atoms with Gasteiger partial charge in [0.15, 0.2) is 5.96 Å². The maximum atomic E-state index is 5.46. The van der Waals surface area contributed by atoms with Crippen molar-refractivity contribution in [2.24, 2.45) is 10.9 Å². The minimum Gasteiger partial charge on any atom is -0.381 e. The summed E-state index contributed by atoms with van der Waals surface area (Å²) in [6.07, 6.45) is 5.54. The van der Waals surface area contributed by atoms with Crippen molar-refractivity contribution in [3.8, 4) is 5.69 Å². The molecule has 6 heteroatoms. The molecule has 1 aliphatic rings. The van der Waals surface area contributed by atoms with Crippen LogP contribution in [0, 0.1) is 12.8 Å². The van der Waals surface area contributed by atoms with Crippen molar-refractivity contribution in [1.82, 2.24) is 20.0 Å². The summed E-state index contributed by atoms with van der Waals surface area (Å²) in [5.41, 5.74) is 3.31. The van der Waals surface area contributed by atoms with E-state index in [1.807, 2.05) is 37.0 Å². The van der Waals surface area contributed by atoms with Crippen LogP contribution in [0.4, 0.5) is 0 Å². The van der Waals surface area contributed by atoms with Crippen LogP contribution in [0.1, 0.15) is 30.5 Å². The van der Waals surface area contributed by atoms with E-state index < -0.39 is 0 Å². The van der Waals surface area contributed by atoms with Crippen LogP contribution in [-0.2, 0) is 11.3 Å². The first-order chi connectivity index (χ1) is 13.2. The molecule has 27 heavy (non-hydrogen) atoms. The maximum Gasteiger partial charge on any atom is 0.193 e. The molecule has 1 aliphatic heterocycles. The van der Waals surface area contributed by atoms with Gasteiger partial charge >= 0.3 is 0 Å². The molecule has 6 nitrogen and oxygen atoms in total. The summed E-state index contributed by atoms with van der Waals surface area (Å²) < 4.78 is 7.39. The third kappa shape index (κ3) is 5.32. The summed E-state index contributed by atoms with van der Waals surface area (Å²) in [7, 11) is 3.95. The molecule has 0 saturated carbocycles. The van der Waals surface area contributed by atoms with Crippen LogP contribution in [0.5, 0.6) is 0 Å². The standard InChI is InChI=1S/C21H31N5O/c1-17-8-13-26(24-17)20-7-5-4-6-19(20)16-23-21(22-2)25(3)12-9-18-10-14-27-15-11-18/h4-8,13,18H,9-12,14-16H2,1-3H3,(H,22,23). The summed E-state index contributed by atoms with van der Waals surface area (Å²) in [6.45, 7) is 5.54. The average molecular weight is 370 g/mol. The molecule has 1 N–H and O–H groups in total. The molecular weight excluding hydrogens is 338 g/mol. The number of hydrogen-bond acceptors (Lipinski definition) is 3. The third-order valence-electron chi connectivity index (χ3n) is 5.18. The van der Waals surface area contributed by atoms with Gasteiger partial charge in [-0.05, 0) is 49.8 Å². The molecule has 0 bridgehead atoms. The number of aromatic nitrogens is 2. The highest BCUT2D eigenvalue weighted by atomic mass is 16.5. The Kier molecular flexibility index (Phi) is 6.87. The summed E-state index contributed by atoms with van der Waals surface area (Å²) in [5.74, 6) is 1.69. The first kappa shape index (κ1) is 19.4. The molecule has 146 valence electrons. The minimum atomic E-state index is 0.712. The highest BCUT2D eigenvalue weighted by Gasteiger charge is 2.15.